The van der Waals surface area contributed by atoms with Gasteiger partial charge < -0.3 is 13.9 Å². The van der Waals surface area contributed by atoms with Crippen molar-refractivity contribution in [1.82, 2.24) is 14.4 Å². The first-order valence-corrected chi connectivity index (χ1v) is 9.87. The van der Waals surface area contributed by atoms with Crippen LogP contribution in [0.3, 0.4) is 0 Å². The molecule has 5 nitrogen and oxygen atoms in total. The molecule has 0 saturated heterocycles. The fourth-order valence-corrected chi connectivity index (χ4v) is 3.82. The lowest BCUT2D eigenvalue weighted by Gasteiger charge is -2.35. The minimum atomic E-state index is 0.0938. The van der Waals surface area contributed by atoms with Crippen molar-refractivity contribution in [1.29, 1.82) is 0 Å². The molecule has 0 bridgehead atoms. The highest BCUT2D eigenvalue weighted by Crippen LogP contribution is 2.26. The Balaban J connectivity index is 1.37. The number of halogens is 1. The number of hydrogen-bond acceptors (Lipinski definition) is 3. The number of likely N-dealkylation sites (N-methyl/N-ethyl adjacent to an activating group) is 1. The summed E-state index contributed by atoms with van der Waals surface area (Å²) in [7, 11) is 1.82. The zero-order valence-corrected chi connectivity index (χ0v) is 16.9. The van der Waals surface area contributed by atoms with Crippen molar-refractivity contribution in [3.05, 3.63) is 71.2 Å². The normalized spacial score (nSPS) is 16.8. The van der Waals surface area contributed by atoms with Crippen LogP contribution in [0, 0.1) is 0 Å². The van der Waals surface area contributed by atoms with Gasteiger partial charge in [-0.1, -0.05) is 11.6 Å². The van der Waals surface area contributed by atoms with Gasteiger partial charge in [-0.15, -0.1) is 0 Å². The Morgan fingerprint density at radius 3 is 2.75 bits per heavy atom. The number of carbonyl (C=O) groups excluding carboxylic acids is 1. The summed E-state index contributed by atoms with van der Waals surface area (Å²) in [6.07, 6.45) is 2.10. The Morgan fingerprint density at radius 2 is 1.96 bits per heavy atom. The van der Waals surface area contributed by atoms with Crippen LogP contribution in [0.25, 0.3) is 11.3 Å². The summed E-state index contributed by atoms with van der Waals surface area (Å²) in [4.78, 5) is 16.7. The lowest BCUT2D eigenvalue weighted by Crippen LogP contribution is -2.43. The smallest absolute Gasteiger partial charge is 0.236 e. The third kappa shape index (κ3) is 3.86. The van der Waals surface area contributed by atoms with Gasteiger partial charge in [0.1, 0.15) is 11.5 Å². The highest BCUT2D eigenvalue weighted by atomic mass is 35.5. The van der Waals surface area contributed by atoms with E-state index >= 15 is 0 Å². The van der Waals surface area contributed by atoms with Gasteiger partial charge in [0.25, 0.3) is 0 Å². The summed E-state index contributed by atoms with van der Waals surface area (Å²) < 4.78 is 8.18. The van der Waals surface area contributed by atoms with Crippen LogP contribution >= 0.6 is 11.6 Å². The van der Waals surface area contributed by atoms with E-state index in [1.807, 2.05) is 43.4 Å². The van der Waals surface area contributed by atoms with Crippen molar-refractivity contribution in [3.8, 4) is 11.3 Å². The van der Waals surface area contributed by atoms with E-state index in [2.05, 4.69) is 34.7 Å². The number of furan rings is 1. The molecule has 3 aromatic rings. The van der Waals surface area contributed by atoms with Gasteiger partial charge in [0.05, 0.1) is 13.1 Å². The molecule has 0 saturated carbocycles. The average Bonchev–Trinajstić information content (AvgIpc) is 3.34. The molecule has 1 aliphatic rings. The Labute approximate surface area is 170 Å². The van der Waals surface area contributed by atoms with Gasteiger partial charge in [-0.3, -0.25) is 9.69 Å². The zero-order chi connectivity index (χ0) is 19.7. The van der Waals surface area contributed by atoms with E-state index in [4.69, 9.17) is 16.0 Å². The molecular weight excluding hydrogens is 374 g/mol. The second-order valence-corrected chi connectivity index (χ2v) is 7.73. The molecule has 146 valence electrons. The van der Waals surface area contributed by atoms with Crippen molar-refractivity contribution >= 4 is 17.5 Å². The van der Waals surface area contributed by atoms with Crippen LogP contribution in [-0.4, -0.2) is 40.4 Å². The van der Waals surface area contributed by atoms with E-state index in [9.17, 15) is 4.79 Å². The number of nitrogens with zero attached hydrogens (tertiary/aromatic N) is 3. The summed E-state index contributed by atoms with van der Waals surface area (Å²) in [6, 6.07) is 15.8. The fourth-order valence-electron chi connectivity index (χ4n) is 3.69. The van der Waals surface area contributed by atoms with Crippen LogP contribution in [0.5, 0.6) is 0 Å². The number of carbonyl (C=O) groups is 1. The molecule has 0 fully saturated rings. The van der Waals surface area contributed by atoms with Gasteiger partial charge in [0, 0.05) is 48.7 Å². The van der Waals surface area contributed by atoms with Crippen LogP contribution in [0.15, 0.2) is 59.1 Å². The minimum Gasteiger partial charge on any atom is -0.459 e. The summed E-state index contributed by atoms with van der Waals surface area (Å²) >= 11 is 5.94. The topological polar surface area (TPSA) is 41.6 Å². The van der Waals surface area contributed by atoms with Crippen LogP contribution in [0.4, 0.5) is 0 Å². The molecule has 2 aromatic heterocycles. The zero-order valence-electron chi connectivity index (χ0n) is 16.1. The second kappa shape index (κ2) is 7.86. The number of benzene rings is 1. The number of rotatable bonds is 5. The molecule has 1 unspecified atom stereocenters. The van der Waals surface area contributed by atoms with Gasteiger partial charge >= 0.3 is 0 Å². The summed E-state index contributed by atoms with van der Waals surface area (Å²) in [5.74, 6) is 1.63. The standard InChI is InChI=1S/C22H24ClN3O2/c1-16-20-4-3-11-25(20)12-13-26(16)15-22(27)24(2)14-19-9-10-21(28-19)17-5-7-18(23)8-6-17/h3-11,16H,12-15H2,1-2H3. The molecule has 0 radical (unpaired) electrons. The average molecular weight is 398 g/mol. The van der Waals surface area contributed by atoms with Gasteiger partial charge in [0.15, 0.2) is 0 Å². The maximum absolute atomic E-state index is 12.7. The molecule has 3 heterocycles. The van der Waals surface area contributed by atoms with Crippen molar-refractivity contribution in [2.75, 3.05) is 20.1 Å². The minimum absolute atomic E-state index is 0.0938. The lowest BCUT2D eigenvalue weighted by molar-refractivity contribution is -0.132. The highest BCUT2D eigenvalue weighted by molar-refractivity contribution is 6.30. The first kappa shape index (κ1) is 18.8. The predicted octanol–water partition coefficient (Wildman–Crippen LogP) is 4.44. The number of fused-ring (bicyclic) bond motifs is 1. The third-order valence-corrected chi connectivity index (χ3v) is 5.67. The third-order valence-electron chi connectivity index (χ3n) is 5.42. The van der Waals surface area contributed by atoms with Crippen molar-refractivity contribution in [3.63, 3.8) is 0 Å². The second-order valence-electron chi connectivity index (χ2n) is 7.30. The van der Waals surface area contributed by atoms with E-state index in [0.717, 1.165) is 30.2 Å². The highest BCUT2D eigenvalue weighted by Gasteiger charge is 2.26. The summed E-state index contributed by atoms with van der Waals surface area (Å²) in [6.45, 7) is 4.82. The first-order chi connectivity index (χ1) is 13.5. The number of amides is 1. The molecule has 1 aliphatic heterocycles. The SMILES string of the molecule is CC1c2cccn2CCN1CC(=O)N(C)Cc1ccc(-c2ccc(Cl)cc2)o1. The Bertz CT molecular complexity index is 960. The first-order valence-electron chi connectivity index (χ1n) is 9.49. The predicted molar refractivity (Wildman–Crippen MR) is 110 cm³/mol. The molecule has 28 heavy (non-hydrogen) atoms. The van der Waals surface area contributed by atoms with Gasteiger partial charge in [-0.2, -0.15) is 0 Å². The number of hydrogen-bond donors (Lipinski definition) is 0. The molecule has 0 aliphatic carbocycles. The van der Waals surface area contributed by atoms with Crippen LogP contribution in [0.1, 0.15) is 24.4 Å². The van der Waals surface area contributed by atoms with Crippen molar-refractivity contribution < 1.29 is 9.21 Å². The van der Waals surface area contributed by atoms with E-state index in [1.165, 1.54) is 5.69 Å². The van der Waals surface area contributed by atoms with E-state index in [1.54, 1.807) is 4.90 Å². The molecule has 0 N–H and O–H groups in total. The Hall–Kier alpha value is -2.50. The van der Waals surface area contributed by atoms with E-state index < -0.39 is 0 Å². The van der Waals surface area contributed by atoms with Gasteiger partial charge in [-0.25, -0.2) is 0 Å². The van der Waals surface area contributed by atoms with Crippen molar-refractivity contribution in [2.45, 2.75) is 26.1 Å². The van der Waals surface area contributed by atoms with Crippen LogP contribution in [0.2, 0.25) is 5.02 Å². The van der Waals surface area contributed by atoms with Crippen LogP contribution in [-0.2, 0) is 17.9 Å². The molecule has 6 heteroatoms. The molecule has 0 spiro atoms. The monoisotopic (exact) mass is 397 g/mol. The summed E-state index contributed by atoms with van der Waals surface area (Å²) in [5.41, 5.74) is 2.23. The van der Waals surface area contributed by atoms with Crippen LogP contribution < -0.4 is 0 Å². The van der Waals surface area contributed by atoms with E-state index in [0.29, 0.717) is 18.1 Å². The maximum Gasteiger partial charge on any atom is 0.236 e. The fraction of sp³-hybridized carbons (Fsp3) is 0.318. The van der Waals surface area contributed by atoms with Gasteiger partial charge in [0.2, 0.25) is 5.91 Å². The maximum atomic E-state index is 12.7. The van der Waals surface area contributed by atoms with Crippen molar-refractivity contribution in [2.24, 2.45) is 0 Å². The van der Waals surface area contributed by atoms with Gasteiger partial charge in [-0.05, 0) is 55.5 Å². The Morgan fingerprint density at radius 1 is 1.18 bits per heavy atom. The Kier molecular flexibility index (Phi) is 5.29. The lowest BCUT2D eigenvalue weighted by atomic mass is 10.1. The largest absolute Gasteiger partial charge is 0.459 e. The molecule has 1 amide bonds. The molecule has 4 rings (SSSR count). The molecule has 1 aromatic carbocycles. The number of aromatic nitrogens is 1. The van der Waals surface area contributed by atoms with E-state index in [-0.39, 0.29) is 11.9 Å². The molecule has 1 atom stereocenters. The molecular formula is C22H24ClN3O2. The quantitative estimate of drug-likeness (QED) is 0.639. The summed E-state index contributed by atoms with van der Waals surface area (Å²) in [5, 5.41) is 0.695.